The van der Waals surface area contributed by atoms with Crippen LogP contribution in [0.3, 0.4) is 0 Å². The van der Waals surface area contributed by atoms with Crippen LogP contribution >= 0.6 is 0 Å². The predicted octanol–water partition coefficient (Wildman–Crippen LogP) is 3.49. The van der Waals surface area contributed by atoms with Gasteiger partial charge in [-0.2, -0.15) is 0 Å². The lowest BCUT2D eigenvalue weighted by molar-refractivity contribution is -0.384. The van der Waals surface area contributed by atoms with Gasteiger partial charge in [-0.1, -0.05) is 30.3 Å². The fourth-order valence-corrected chi connectivity index (χ4v) is 1.67. The van der Waals surface area contributed by atoms with Crippen molar-refractivity contribution < 1.29 is 14.1 Å². The van der Waals surface area contributed by atoms with E-state index < -0.39 is 16.9 Å². The predicted molar refractivity (Wildman–Crippen MR) is 67.7 cm³/mol. The number of ketones is 1. The van der Waals surface area contributed by atoms with Crippen LogP contribution in [-0.4, -0.2) is 10.7 Å². The smallest absolute Gasteiger partial charge is 0.269 e. The summed E-state index contributed by atoms with van der Waals surface area (Å²) in [6, 6.07) is 13.0. The molecule has 0 spiro atoms. The zero-order chi connectivity index (χ0) is 13.8. The molecule has 5 heteroatoms. The molecule has 0 aromatic heterocycles. The van der Waals surface area contributed by atoms with E-state index >= 15 is 0 Å². The van der Waals surface area contributed by atoms with Gasteiger partial charge in [-0.05, 0) is 17.7 Å². The number of nitro groups is 1. The van der Waals surface area contributed by atoms with Crippen molar-refractivity contribution in [3.63, 3.8) is 0 Å². The number of benzene rings is 2. The van der Waals surface area contributed by atoms with Gasteiger partial charge in [-0.3, -0.25) is 14.9 Å². The first kappa shape index (κ1) is 12.9. The molecular formula is C14H10FNO3. The Morgan fingerprint density at radius 1 is 1.05 bits per heavy atom. The summed E-state index contributed by atoms with van der Waals surface area (Å²) in [6.45, 7) is 0. The van der Waals surface area contributed by atoms with Crippen LogP contribution in [0, 0.1) is 10.1 Å². The molecule has 0 unspecified atom stereocenters. The first-order chi connectivity index (χ1) is 9.09. The van der Waals surface area contributed by atoms with Gasteiger partial charge < -0.3 is 0 Å². The SMILES string of the molecule is O=C(c1ccc([N+](=O)[O-])cc1)[C@H](F)c1ccccc1. The molecule has 0 N–H and O–H groups in total. The van der Waals surface area contributed by atoms with E-state index in [0.29, 0.717) is 0 Å². The number of non-ortho nitro benzene ring substituents is 1. The molecule has 0 saturated heterocycles. The van der Waals surface area contributed by atoms with Crippen LogP contribution < -0.4 is 0 Å². The number of alkyl halides is 1. The van der Waals surface area contributed by atoms with Crippen LogP contribution in [0.5, 0.6) is 0 Å². The number of hydrogen-bond acceptors (Lipinski definition) is 3. The highest BCUT2D eigenvalue weighted by atomic mass is 19.1. The highest BCUT2D eigenvalue weighted by Gasteiger charge is 2.21. The van der Waals surface area contributed by atoms with Crippen LogP contribution in [0.25, 0.3) is 0 Å². The Morgan fingerprint density at radius 2 is 1.63 bits per heavy atom. The number of Topliss-reactive ketones (excluding diaryl/α,β-unsaturated/α-hetero) is 1. The number of carbonyl (C=O) groups excluding carboxylic acids is 1. The molecule has 0 amide bonds. The molecule has 0 aliphatic heterocycles. The third-order valence-corrected chi connectivity index (χ3v) is 2.69. The standard InChI is InChI=1S/C14H10FNO3/c15-13(10-4-2-1-3-5-10)14(17)11-6-8-12(9-7-11)16(18)19/h1-9,13H/t13-/m1/s1. The Morgan fingerprint density at radius 3 is 2.16 bits per heavy atom. The van der Waals surface area contributed by atoms with Crippen molar-refractivity contribution >= 4 is 11.5 Å². The number of hydrogen-bond donors (Lipinski definition) is 0. The maximum Gasteiger partial charge on any atom is 0.269 e. The van der Waals surface area contributed by atoms with Gasteiger partial charge in [0.05, 0.1) is 4.92 Å². The lowest BCUT2D eigenvalue weighted by atomic mass is 10.0. The van der Waals surface area contributed by atoms with Crippen molar-refractivity contribution in [3.8, 4) is 0 Å². The minimum atomic E-state index is -1.76. The fourth-order valence-electron chi connectivity index (χ4n) is 1.67. The topological polar surface area (TPSA) is 60.2 Å². The van der Waals surface area contributed by atoms with Gasteiger partial charge in [0.15, 0.2) is 6.17 Å². The molecule has 0 aliphatic rings. The highest BCUT2D eigenvalue weighted by molar-refractivity contribution is 6.00. The van der Waals surface area contributed by atoms with E-state index in [1.807, 2.05) is 0 Å². The zero-order valence-electron chi connectivity index (χ0n) is 9.82. The number of nitro benzene ring substituents is 1. The van der Waals surface area contributed by atoms with Gasteiger partial charge in [0, 0.05) is 17.7 Å². The molecule has 0 radical (unpaired) electrons. The van der Waals surface area contributed by atoms with E-state index in [-0.39, 0.29) is 16.8 Å². The Labute approximate surface area is 108 Å². The number of nitrogens with zero attached hydrogens (tertiary/aromatic N) is 1. The summed E-state index contributed by atoms with van der Waals surface area (Å²) in [4.78, 5) is 21.8. The van der Waals surface area contributed by atoms with Gasteiger partial charge in [0.25, 0.3) is 5.69 Å². The lowest BCUT2D eigenvalue weighted by Crippen LogP contribution is -2.08. The van der Waals surface area contributed by atoms with E-state index in [1.54, 1.807) is 18.2 Å². The molecule has 0 bridgehead atoms. The van der Waals surface area contributed by atoms with Crippen LogP contribution in [0.4, 0.5) is 10.1 Å². The second kappa shape index (κ2) is 5.39. The van der Waals surface area contributed by atoms with E-state index in [4.69, 9.17) is 0 Å². The summed E-state index contributed by atoms with van der Waals surface area (Å²) in [5.74, 6) is -0.707. The third-order valence-electron chi connectivity index (χ3n) is 2.69. The number of rotatable bonds is 4. The van der Waals surface area contributed by atoms with E-state index in [0.717, 1.165) is 0 Å². The molecule has 2 aromatic rings. The van der Waals surface area contributed by atoms with E-state index in [1.165, 1.54) is 36.4 Å². The summed E-state index contributed by atoms with van der Waals surface area (Å²) < 4.78 is 14.0. The van der Waals surface area contributed by atoms with Crippen molar-refractivity contribution in [2.24, 2.45) is 0 Å². The second-order valence-corrected chi connectivity index (χ2v) is 3.94. The van der Waals surface area contributed by atoms with Crippen molar-refractivity contribution in [2.75, 3.05) is 0 Å². The van der Waals surface area contributed by atoms with Crippen LogP contribution in [-0.2, 0) is 0 Å². The van der Waals surface area contributed by atoms with Gasteiger partial charge in [0.1, 0.15) is 0 Å². The molecule has 0 fully saturated rings. The quantitative estimate of drug-likeness (QED) is 0.479. The molecular weight excluding hydrogens is 249 g/mol. The molecule has 19 heavy (non-hydrogen) atoms. The lowest BCUT2D eigenvalue weighted by Gasteiger charge is -2.07. The Bertz CT molecular complexity index is 596. The normalized spacial score (nSPS) is 11.8. The summed E-state index contributed by atoms with van der Waals surface area (Å²) in [5.41, 5.74) is 0.250. The number of halogens is 1. The Hall–Kier alpha value is -2.56. The first-order valence-electron chi connectivity index (χ1n) is 5.57. The van der Waals surface area contributed by atoms with E-state index in [2.05, 4.69) is 0 Å². The van der Waals surface area contributed by atoms with Crippen molar-refractivity contribution in [3.05, 3.63) is 75.8 Å². The Balaban J connectivity index is 2.22. The molecule has 2 aromatic carbocycles. The molecule has 0 aliphatic carbocycles. The van der Waals surface area contributed by atoms with Gasteiger partial charge in [0.2, 0.25) is 5.78 Å². The molecule has 0 heterocycles. The van der Waals surface area contributed by atoms with E-state index in [9.17, 15) is 19.3 Å². The summed E-state index contributed by atoms with van der Waals surface area (Å²) in [5, 5.41) is 10.5. The minimum Gasteiger partial charge on any atom is -0.290 e. The third kappa shape index (κ3) is 2.82. The van der Waals surface area contributed by atoms with Crippen LogP contribution in [0.1, 0.15) is 22.1 Å². The minimum absolute atomic E-state index is 0.113. The maximum absolute atomic E-state index is 14.0. The largest absolute Gasteiger partial charge is 0.290 e. The first-order valence-corrected chi connectivity index (χ1v) is 5.57. The summed E-state index contributed by atoms with van der Waals surface area (Å²) in [7, 11) is 0. The zero-order valence-corrected chi connectivity index (χ0v) is 9.82. The molecule has 0 saturated carbocycles. The number of carbonyl (C=O) groups is 1. The summed E-state index contributed by atoms with van der Waals surface area (Å²) >= 11 is 0. The average molecular weight is 259 g/mol. The molecule has 1 atom stereocenters. The van der Waals surface area contributed by atoms with Gasteiger partial charge >= 0.3 is 0 Å². The van der Waals surface area contributed by atoms with Crippen molar-refractivity contribution in [1.82, 2.24) is 0 Å². The van der Waals surface area contributed by atoms with Crippen LogP contribution in [0.15, 0.2) is 54.6 Å². The highest BCUT2D eigenvalue weighted by Crippen LogP contribution is 2.23. The van der Waals surface area contributed by atoms with Gasteiger partial charge in [-0.25, -0.2) is 4.39 Å². The molecule has 96 valence electrons. The second-order valence-electron chi connectivity index (χ2n) is 3.94. The average Bonchev–Trinajstić information content (AvgIpc) is 2.46. The van der Waals surface area contributed by atoms with Gasteiger partial charge in [-0.15, -0.1) is 0 Å². The van der Waals surface area contributed by atoms with Crippen LogP contribution in [0.2, 0.25) is 0 Å². The fraction of sp³-hybridized carbons (Fsp3) is 0.0714. The summed E-state index contributed by atoms with van der Waals surface area (Å²) in [6.07, 6.45) is -1.76. The molecule has 4 nitrogen and oxygen atoms in total. The van der Waals surface area contributed by atoms with Crippen molar-refractivity contribution in [1.29, 1.82) is 0 Å². The Kier molecular flexibility index (Phi) is 3.66. The maximum atomic E-state index is 14.0. The monoisotopic (exact) mass is 259 g/mol. The molecule has 2 rings (SSSR count). The van der Waals surface area contributed by atoms with Crippen molar-refractivity contribution in [2.45, 2.75) is 6.17 Å².